The molecule has 158 valence electrons. The zero-order chi connectivity index (χ0) is 22.3. The van der Waals surface area contributed by atoms with E-state index in [-0.39, 0.29) is 5.56 Å². The van der Waals surface area contributed by atoms with Crippen molar-refractivity contribution in [2.75, 3.05) is 5.32 Å². The third-order valence-corrected chi connectivity index (χ3v) is 5.86. The predicted molar refractivity (Wildman–Crippen MR) is 120 cm³/mol. The van der Waals surface area contributed by atoms with Crippen molar-refractivity contribution >= 4 is 63.3 Å². The maximum absolute atomic E-state index is 13.0. The number of allylic oxidation sites excluding steroid dienone is 1. The van der Waals surface area contributed by atoms with E-state index in [1.54, 1.807) is 41.0 Å². The number of carboxylic acid groups (broad SMARTS) is 1. The highest BCUT2D eigenvalue weighted by Crippen LogP contribution is 2.33. The molecule has 1 atom stereocenters. The van der Waals surface area contributed by atoms with Crippen LogP contribution in [0.3, 0.4) is 0 Å². The lowest BCUT2D eigenvalue weighted by atomic mass is 10.1. The molecule has 1 aromatic heterocycles. The molecule has 31 heavy (non-hydrogen) atoms. The largest absolute Gasteiger partial charge is 0.481 e. The van der Waals surface area contributed by atoms with Crippen molar-refractivity contribution in [3.05, 3.63) is 68.2 Å². The number of carbonyl (C=O) groups is 2. The Labute approximate surface area is 186 Å². The Balaban J connectivity index is 1.77. The smallest absolute Gasteiger partial charge is 0.315 e. The molecule has 0 aliphatic carbocycles. The van der Waals surface area contributed by atoms with Crippen molar-refractivity contribution in [1.29, 1.82) is 0 Å². The Morgan fingerprint density at radius 2 is 1.94 bits per heavy atom. The topological polar surface area (TPSA) is 101 Å². The van der Waals surface area contributed by atoms with Gasteiger partial charge in [0, 0.05) is 27.8 Å². The third-order valence-electron chi connectivity index (χ3n) is 5.20. The fourth-order valence-electron chi connectivity index (χ4n) is 3.42. The van der Waals surface area contributed by atoms with E-state index in [0.717, 1.165) is 5.57 Å². The zero-order valence-electron chi connectivity index (χ0n) is 16.4. The number of aromatic nitrogens is 2. The average molecular weight is 458 g/mol. The summed E-state index contributed by atoms with van der Waals surface area (Å²) in [6.07, 6.45) is 2.43. The molecule has 0 fully saturated rings. The van der Waals surface area contributed by atoms with Crippen LogP contribution in [0.2, 0.25) is 10.0 Å². The van der Waals surface area contributed by atoms with Gasteiger partial charge >= 0.3 is 5.97 Å². The summed E-state index contributed by atoms with van der Waals surface area (Å²) < 4.78 is 1.60. The number of halogens is 2. The van der Waals surface area contributed by atoms with Gasteiger partial charge in [-0.15, -0.1) is 0 Å². The van der Waals surface area contributed by atoms with Gasteiger partial charge in [-0.3, -0.25) is 19.0 Å². The van der Waals surface area contributed by atoms with Gasteiger partial charge in [0.15, 0.2) is 0 Å². The maximum Gasteiger partial charge on any atom is 0.315 e. The standard InChI is InChI=1S/C22H17Cl2N3O4/c1-11(22(30)31)20(28)25-13-5-6-14-18(10-13)26-19-12(7-8-27(19)21(14)29)9-15-16(23)3-2-4-17(15)24/h2-6,9-11H,7-8H2,1H3,(H,25,28)(H,30,31)/b12-9+. The maximum atomic E-state index is 13.0. The van der Waals surface area contributed by atoms with Crippen LogP contribution >= 0.6 is 23.2 Å². The lowest BCUT2D eigenvalue weighted by Gasteiger charge is -2.10. The second-order valence-corrected chi connectivity index (χ2v) is 8.04. The van der Waals surface area contributed by atoms with E-state index in [1.807, 2.05) is 6.08 Å². The molecule has 2 aromatic carbocycles. The SMILES string of the molecule is CC(C(=O)O)C(=O)Nc1ccc2c(=O)n3c(nc2c1)/C(=C/c1c(Cl)cccc1Cl)CC3. The molecule has 4 rings (SSSR count). The number of benzene rings is 2. The number of carbonyl (C=O) groups excluding carboxylic acids is 1. The number of hydrogen-bond acceptors (Lipinski definition) is 4. The van der Waals surface area contributed by atoms with Crippen LogP contribution in [0.1, 0.15) is 24.7 Å². The Hall–Kier alpha value is -3.16. The Morgan fingerprint density at radius 3 is 2.61 bits per heavy atom. The van der Waals surface area contributed by atoms with Crippen LogP contribution in [0.25, 0.3) is 22.6 Å². The van der Waals surface area contributed by atoms with E-state index in [1.165, 1.54) is 6.92 Å². The second kappa shape index (κ2) is 8.17. The molecule has 0 spiro atoms. The molecule has 1 unspecified atom stereocenters. The summed E-state index contributed by atoms with van der Waals surface area (Å²) in [6, 6.07) is 9.92. The summed E-state index contributed by atoms with van der Waals surface area (Å²) in [5.74, 6) is -2.57. The fraction of sp³-hybridized carbons (Fsp3) is 0.182. The Kier molecular flexibility index (Phi) is 5.56. The summed E-state index contributed by atoms with van der Waals surface area (Å²) in [6.45, 7) is 1.78. The van der Waals surface area contributed by atoms with E-state index in [0.29, 0.717) is 51.0 Å². The molecule has 3 aromatic rings. The van der Waals surface area contributed by atoms with Crippen molar-refractivity contribution in [3.8, 4) is 0 Å². The van der Waals surface area contributed by atoms with E-state index >= 15 is 0 Å². The molecule has 0 saturated heterocycles. The number of fused-ring (bicyclic) bond motifs is 2. The van der Waals surface area contributed by atoms with Gasteiger partial charge in [0.25, 0.3) is 5.56 Å². The normalized spacial score (nSPS) is 15.1. The van der Waals surface area contributed by atoms with Crippen molar-refractivity contribution in [2.24, 2.45) is 5.92 Å². The summed E-state index contributed by atoms with van der Waals surface area (Å²) in [7, 11) is 0. The molecule has 9 heteroatoms. The van der Waals surface area contributed by atoms with Gasteiger partial charge in [-0.2, -0.15) is 0 Å². The minimum Gasteiger partial charge on any atom is -0.481 e. The number of amides is 1. The first-order valence-electron chi connectivity index (χ1n) is 9.49. The Bertz CT molecular complexity index is 1310. The number of nitrogens with one attached hydrogen (secondary N) is 1. The van der Waals surface area contributed by atoms with Crippen LogP contribution in [0, 0.1) is 5.92 Å². The highest BCUT2D eigenvalue weighted by atomic mass is 35.5. The quantitative estimate of drug-likeness (QED) is 0.568. The van der Waals surface area contributed by atoms with E-state index in [9.17, 15) is 14.4 Å². The summed E-state index contributed by atoms with van der Waals surface area (Å²) in [4.78, 5) is 40.7. The van der Waals surface area contributed by atoms with Gasteiger partial charge in [0.05, 0.1) is 10.9 Å². The molecular formula is C22H17Cl2N3O4. The predicted octanol–water partition coefficient (Wildman–Crippen LogP) is 4.31. The van der Waals surface area contributed by atoms with Crippen LogP contribution in [-0.4, -0.2) is 26.5 Å². The molecule has 1 aliphatic heterocycles. The summed E-state index contributed by atoms with van der Waals surface area (Å²) in [5, 5.41) is 12.9. The first-order chi connectivity index (χ1) is 14.8. The monoisotopic (exact) mass is 457 g/mol. The van der Waals surface area contributed by atoms with Gasteiger partial charge in [0.2, 0.25) is 5.91 Å². The van der Waals surface area contributed by atoms with Crippen molar-refractivity contribution < 1.29 is 14.7 Å². The van der Waals surface area contributed by atoms with E-state index in [4.69, 9.17) is 28.3 Å². The average Bonchev–Trinajstić information content (AvgIpc) is 3.13. The summed E-state index contributed by atoms with van der Waals surface area (Å²) in [5.41, 5.74) is 2.05. The third kappa shape index (κ3) is 3.94. The molecule has 2 N–H and O–H groups in total. The van der Waals surface area contributed by atoms with Gasteiger partial charge in [-0.1, -0.05) is 29.3 Å². The fourth-order valence-corrected chi connectivity index (χ4v) is 3.92. The van der Waals surface area contributed by atoms with Crippen LogP contribution in [0.4, 0.5) is 5.69 Å². The number of anilines is 1. The number of hydrogen-bond donors (Lipinski definition) is 2. The second-order valence-electron chi connectivity index (χ2n) is 7.23. The van der Waals surface area contributed by atoms with Crippen molar-refractivity contribution in [1.82, 2.24) is 9.55 Å². The number of rotatable bonds is 4. The first kappa shape index (κ1) is 21.1. The van der Waals surface area contributed by atoms with Crippen LogP contribution < -0.4 is 10.9 Å². The number of nitrogens with zero attached hydrogens (tertiary/aromatic N) is 2. The van der Waals surface area contributed by atoms with Crippen LogP contribution in [0.15, 0.2) is 41.2 Å². The molecule has 0 radical (unpaired) electrons. The van der Waals surface area contributed by atoms with E-state index < -0.39 is 17.8 Å². The molecule has 1 amide bonds. The van der Waals surface area contributed by atoms with Gasteiger partial charge in [-0.05, 0) is 55.3 Å². The molecule has 0 saturated carbocycles. The number of aliphatic carboxylic acids is 1. The van der Waals surface area contributed by atoms with Crippen molar-refractivity contribution in [2.45, 2.75) is 19.9 Å². The lowest BCUT2D eigenvalue weighted by molar-refractivity contribution is -0.144. The molecule has 0 bridgehead atoms. The summed E-state index contributed by atoms with van der Waals surface area (Å²) >= 11 is 12.6. The zero-order valence-corrected chi connectivity index (χ0v) is 17.9. The van der Waals surface area contributed by atoms with E-state index in [2.05, 4.69) is 10.3 Å². The van der Waals surface area contributed by atoms with Crippen LogP contribution in [0.5, 0.6) is 0 Å². The number of carboxylic acids is 1. The molecular weight excluding hydrogens is 441 g/mol. The molecule has 1 aliphatic rings. The van der Waals surface area contributed by atoms with Gasteiger partial charge < -0.3 is 10.4 Å². The first-order valence-corrected chi connectivity index (χ1v) is 10.2. The highest BCUT2D eigenvalue weighted by molar-refractivity contribution is 6.37. The van der Waals surface area contributed by atoms with Gasteiger partial charge in [0.1, 0.15) is 11.7 Å². The molecule has 7 nitrogen and oxygen atoms in total. The van der Waals surface area contributed by atoms with Crippen LogP contribution in [-0.2, 0) is 16.1 Å². The van der Waals surface area contributed by atoms with Crippen molar-refractivity contribution in [3.63, 3.8) is 0 Å². The minimum absolute atomic E-state index is 0.189. The Morgan fingerprint density at radius 1 is 1.23 bits per heavy atom. The van der Waals surface area contributed by atoms with Gasteiger partial charge in [-0.25, -0.2) is 4.98 Å². The molecule has 2 heterocycles. The lowest BCUT2D eigenvalue weighted by Crippen LogP contribution is -2.27. The minimum atomic E-state index is -1.22. The highest BCUT2D eigenvalue weighted by Gasteiger charge is 2.23.